The van der Waals surface area contributed by atoms with Crippen LogP contribution in [0.2, 0.25) is 0 Å². The maximum Gasteiger partial charge on any atom is 0.240 e. The lowest BCUT2D eigenvalue weighted by Gasteiger charge is -2.35. The van der Waals surface area contributed by atoms with E-state index in [4.69, 9.17) is 0 Å². The molecule has 6 heteroatoms. The molecule has 0 spiro atoms. The Labute approximate surface area is 181 Å². The number of hydrogen-bond donors (Lipinski definition) is 0. The van der Waals surface area contributed by atoms with E-state index in [1.165, 1.54) is 4.90 Å². The molecule has 158 valence electrons. The zero-order chi connectivity index (χ0) is 22.1. The van der Waals surface area contributed by atoms with Crippen molar-refractivity contribution >= 4 is 29.5 Å². The van der Waals surface area contributed by atoms with Crippen LogP contribution in [0.5, 0.6) is 0 Å². The van der Waals surface area contributed by atoms with Crippen molar-refractivity contribution in [2.24, 2.45) is 22.4 Å². The molecule has 3 aliphatic heterocycles. The molecule has 3 aliphatic rings. The summed E-state index contributed by atoms with van der Waals surface area (Å²) in [5, 5.41) is 6.29. The van der Waals surface area contributed by atoms with Crippen molar-refractivity contribution in [1.29, 1.82) is 0 Å². The minimum atomic E-state index is -0.772. The Hall–Kier alpha value is -3.28. The fourth-order valence-corrected chi connectivity index (χ4v) is 5.06. The fraction of sp³-hybridized carbons (Fsp3) is 0.360. The van der Waals surface area contributed by atoms with Crippen LogP contribution in [0, 0.1) is 24.2 Å². The van der Waals surface area contributed by atoms with Gasteiger partial charge in [0.15, 0.2) is 5.78 Å². The van der Waals surface area contributed by atoms with Crippen molar-refractivity contribution in [2.45, 2.75) is 39.8 Å². The molecule has 0 bridgehead atoms. The summed E-state index contributed by atoms with van der Waals surface area (Å²) in [4.78, 5) is 42.1. The molecule has 0 saturated carbocycles. The number of anilines is 1. The van der Waals surface area contributed by atoms with E-state index < -0.39 is 29.3 Å². The molecule has 2 aromatic carbocycles. The van der Waals surface area contributed by atoms with E-state index in [-0.39, 0.29) is 17.6 Å². The van der Waals surface area contributed by atoms with Gasteiger partial charge in [0.1, 0.15) is 6.04 Å². The van der Waals surface area contributed by atoms with E-state index in [1.54, 1.807) is 23.4 Å². The van der Waals surface area contributed by atoms with Gasteiger partial charge in [0, 0.05) is 5.41 Å². The maximum atomic E-state index is 13.7. The summed E-state index contributed by atoms with van der Waals surface area (Å²) in [6, 6.07) is 13.9. The van der Waals surface area contributed by atoms with Crippen molar-refractivity contribution in [3.05, 3.63) is 65.2 Å². The summed E-state index contributed by atoms with van der Waals surface area (Å²) in [7, 11) is 0. The smallest absolute Gasteiger partial charge is 0.240 e. The largest absolute Gasteiger partial charge is 0.297 e. The van der Waals surface area contributed by atoms with Gasteiger partial charge in [-0.1, -0.05) is 62.7 Å². The number of hydrogen-bond acceptors (Lipinski definition) is 5. The molecule has 2 aromatic rings. The molecular weight excluding hydrogens is 390 g/mol. The van der Waals surface area contributed by atoms with Crippen LogP contribution in [-0.4, -0.2) is 34.9 Å². The molecule has 0 unspecified atom stereocenters. The van der Waals surface area contributed by atoms with Crippen molar-refractivity contribution in [3.8, 4) is 0 Å². The number of benzene rings is 2. The first-order chi connectivity index (χ1) is 14.7. The molecule has 4 atom stereocenters. The molecular formula is C25H25N3O3. The summed E-state index contributed by atoms with van der Waals surface area (Å²) in [6.45, 7) is 7.49. The van der Waals surface area contributed by atoms with Gasteiger partial charge in [0.05, 0.1) is 29.8 Å². The summed E-state index contributed by atoms with van der Waals surface area (Å²) in [6.07, 6.45) is 1.72. The number of nitrogens with zero attached hydrogens (tertiary/aromatic N) is 3. The minimum Gasteiger partial charge on any atom is -0.297 e. The number of imide groups is 1. The highest BCUT2D eigenvalue weighted by Gasteiger charge is 2.66. The monoisotopic (exact) mass is 415 g/mol. The lowest BCUT2D eigenvalue weighted by atomic mass is 9.79. The Morgan fingerprint density at radius 1 is 0.935 bits per heavy atom. The molecule has 0 radical (unpaired) electrons. The number of hydrazone groups is 1. The third-order valence-electron chi connectivity index (χ3n) is 6.59. The second-order valence-electron chi connectivity index (χ2n) is 9.66. The number of Topliss-reactive ketones (excluding diaryl/α,β-unsaturated/α-hetero) is 1. The second-order valence-corrected chi connectivity index (χ2v) is 9.66. The first-order valence-electron chi connectivity index (χ1n) is 10.6. The predicted octanol–water partition coefficient (Wildman–Crippen LogP) is 3.49. The highest BCUT2D eigenvalue weighted by molar-refractivity contribution is 6.24. The topological polar surface area (TPSA) is 70.1 Å². The Morgan fingerprint density at radius 3 is 2.26 bits per heavy atom. The molecule has 2 fully saturated rings. The Balaban J connectivity index is 1.66. The van der Waals surface area contributed by atoms with Crippen molar-refractivity contribution < 1.29 is 14.4 Å². The molecule has 0 aliphatic carbocycles. The molecule has 2 saturated heterocycles. The maximum absolute atomic E-state index is 13.7. The van der Waals surface area contributed by atoms with Crippen LogP contribution in [0.3, 0.4) is 0 Å². The highest BCUT2D eigenvalue weighted by atomic mass is 16.2. The Morgan fingerprint density at radius 2 is 1.58 bits per heavy atom. The van der Waals surface area contributed by atoms with Gasteiger partial charge in [-0.25, -0.2) is 4.90 Å². The molecule has 31 heavy (non-hydrogen) atoms. The van der Waals surface area contributed by atoms with E-state index in [2.05, 4.69) is 5.10 Å². The first-order valence-corrected chi connectivity index (χ1v) is 10.6. The Bertz CT molecular complexity index is 1130. The minimum absolute atomic E-state index is 0.0755. The SMILES string of the molecule is Cc1ccc(N2C(=O)[C@@H]3[C@H](C2=O)[C@H]2c4ccccc4C=NN2[C@@H]3C(=O)C(C)(C)C)cc1. The van der Waals surface area contributed by atoms with Crippen molar-refractivity contribution in [1.82, 2.24) is 5.01 Å². The number of aryl methyl sites for hydroxylation is 1. The van der Waals surface area contributed by atoms with Gasteiger partial charge >= 0.3 is 0 Å². The van der Waals surface area contributed by atoms with Gasteiger partial charge in [-0.15, -0.1) is 0 Å². The van der Waals surface area contributed by atoms with Gasteiger partial charge < -0.3 is 0 Å². The van der Waals surface area contributed by atoms with Gasteiger partial charge in [0.2, 0.25) is 11.8 Å². The number of fused-ring (bicyclic) bond motifs is 5. The van der Waals surface area contributed by atoms with Gasteiger partial charge in [-0.05, 0) is 30.2 Å². The molecule has 2 amide bonds. The van der Waals surface area contributed by atoms with E-state index in [9.17, 15) is 14.4 Å². The molecule has 3 heterocycles. The van der Waals surface area contributed by atoms with Gasteiger partial charge in [0.25, 0.3) is 0 Å². The average Bonchev–Trinajstić information content (AvgIpc) is 3.20. The summed E-state index contributed by atoms with van der Waals surface area (Å²) >= 11 is 0. The predicted molar refractivity (Wildman–Crippen MR) is 118 cm³/mol. The van der Waals surface area contributed by atoms with E-state index in [0.717, 1.165) is 16.7 Å². The van der Waals surface area contributed by atoms with Gasteiger partial charge in [-0.2, -0.15) is 5.10 Å². The third kappa shape index (κ3) is 2.77. The van der Waals surface area contributed by atoms with Crippen LogP contribution in [0.4, 0.5) is 5.69 Å². The molecule has 0 aromatic heterocycles. The fourth-order valence-electron chi connectivity index (χ4n) is 5.06. The van der Waals surface area contributed by atoms with E-state index >= 15 is 0 Å². The van der Waals surface area contributed by atoms with Crippen molar-refractivity contribution in [2.75, 3.05) is 4.90 Å². The van der Waals surface area contributed by atoms with Crippen LogP contribution in [-0.2, 0) is 14.4 Å². The standard InChI is InChI=1S/C25H25N3O3/c1-14-9-11-16(12-10-14)27-23(30)18-19(24(27)31)21(22(29)25(2,3)4)28-20(18)17-8-6-5-7-15(17)13-26-28/h5-13,18-21H,1-4H3/t18-,19+,20+,21-/m0/s1. The van der Waals surface area contributed by atoms with Crippen LogP contribution in [0.25, 0.3) is 0 Å². The second kappa shape index (κ2) is 6.61. The molecule has 5 rings (SSSR count). The Kier molecular flexibility index (Phi) is 4.19. The normalized spacial score (nSPS) is 26.7. The summed E-state index contributed by atoms with van der Waals surface area (Å²) in [5.41, 5.74) is 2.78. The van der Waals surface area contributed by atoms with Crippen LogP contribution < -0.4 is 4.90 Å². The lowest BCUT2D eigenvalue weighted by molar-refractivity contribution is -0.136. The zero-order valence-electron chi connectivity index (χ0n) is 18.1. The number of carbonyl (C=O) groups excluding carboxylic acids is 3. The summed E-state index contributed by atoms with van der Waals surface area (Å²) in [5.74, 6) is -2.06. The van der Waals surface area contributed by atoms with E-state index in [0.29, 0.717) is 5.69 Å². The third-order valence-corrected chi connectivity index (χ3v) is 6.59. The molecule has 0 N–H and O–H groups in total. The quantitative estimate of drug-likeness (QED) is 0.704. The number of amides is 2. The van der Waals surface area contributed by atoms with Crippen LogP contribution in [0.15, 0.2) is 53.6 Å². The van der Waals surface area contributed by atoms with Crippen LogP contribution in [0.1, 0.15) is 43.5 Å². The van der Waals surface area contributed by atoms with Crippen LogP contribution >= 0.6 is 0 Å². The van der Waals surface area contributed by atoms with Gasteiger partial charge in [-0.3, -0.25) is 19.4 Å². The van der Waals surface area contributed by atoms with Crippen molar-refractivity contribution in [3.63, 3.8) is 0 Å². The first kappa shape index (κ1) is 19.7. The lowest BCUT2D eigenvalue weighted by Crippen LogP contribution is -2.48. The number of carbonyl (C=O) groups is 3. The highest BCUT2D eigenvalue weighted by Crippen LogP contribution is 2.53. The van der Waals surface area contributed by atoms with E-state index in [1.807, 2.05) is 64.1 Å². The number of rotatable bonds is 2. The zero-order valence-corrected chi connectivity index (χ0v) is 18.1. The average molecular weight is 415 g/mol. The number of ketones is 1. The summed E-state index contributed by atoms with van der Waals surface area (Å²) < 4.78 is 0. The molecule has 6 nitrogen and oxygen atoms in total.